The average Bonchev–Trinajstić information content (AvgIpc) is 3.10. The molecule has 0 radical (unpaired) electrons. The monoisotopic (exact) mass is 412 g/mol. The van der Waals surface area contributed by atoms with Crippen molar-refractivity contribution in [3.05, 3.63) is 35.4 Å². The number of alkyl halides is 3. The molecule has 5 nitrogen and oxygen atoms in total. The van der Waals surface area contributed by atoms with E-state index in [2.05, 4.69) is 4.90 Å². The first-order valence-electron chi connectivity index (χ1n) is 10.2. The molecule has 0 aromatic heterocycles. The van der Waals surface area contributed by atoms with Crippen LogP contribution >= 0.6 is 0 Å². The molecule has 2 saturated heterocycles. The Hall–Kier alpha value is -1.64. The molecular weight excluding hydrogens is 385 g/mol. The predicted octanol–water partition coefficient (Wildman–Crippen LogP) is 2.18. The lowest BCUT2D eigenvalue weighted by Crippen LogP contribution is -2.53. The lowest BCUT2D eigenvalue weighted by atomic mass is 9.77. The molecule has 3 aliphatic rings. The number of fused-ring (bicyclic) bond motifs is 1. The van der Waals surface area contributed by atoms with Crippen LogP contribution in [0.3, 0.4) is 0 Å². The Bertz CT molecular complexity index is 736. The molecule has 0 spiro atoms. The van der Waals surface area contributed by atoms with Crippen LogP contribution in [-0.2, 0) is 22.1 Å². The molecule has 4 rings (SSSR count). The van der Waals surface area contributed by atoms with Crippen molar-refractivity contribution in [2.24, 2.45) is 11.8 Å². The van der Waals surface area contributed by atoms with Gasteiger partial charge < -0.3 is 14.7 Å². The molecule has 1 N–H and O–H groups in total. The third-order valence-electron chi connectivity index (χ3n) is 6.59. The van der Waals surface area contributed by atoms with Crippen LogP contribution in [0.5, 0.6) is 0 Å². The van der Waals surface area contributed by atoms with E-state index in [1.807, 2.05) is 0 Å². The standard InChI is InChI=1S/C21H27F3N2O3/c22-21(23,24)17-3-1-2-14(8-17)9-20(28)26-12-15-10-18(19(27)11-16(15)13-26)25-4-6-29-7-5-25/h1-3,8,15-16,18-19,27H,4-7,9-13H2/t15-,16+,18-,19-/m1/s1. The van der Waals surface area contributed by atoms with E-state index in [0.717, 1.165) is 31.6 Å². The molecule has 1 aliphatic carbocycles. The Morgan fingerprint density at radius 2 is 1.83 bits per heavy atom. The van der Waals surface area contributed by atoms with Crippen LogP contribution in [0.25, 0.3) is 0 Å². The van der Waals surface area contributed by atoms with E-state index in [9.17, 15) is 23.1 Å². The lowest BCUT2D eigenvalue weighted by molar-refractivity contribution is -0.138. The van der Waals surface area contributed by atoms with Gasteiger partial charge in [-0.05, 0) is 36.3 Å². The van der Waals surface area contributed by atoms with Gasteiger partial charge in [-0.2, -0.15) is 13.2 Å². The number of rotatable bonds is 3. The van der Waals surface area contributed by atoms with Crippen LogP contribution in [0, 0.1) is 11.8 Å². The van der Waals surface area contributed by atoms with Crippen LogP contribution in [0.1, 0.15) is 24.0 Å². The molecule has 1 aromatic rings. The molecule has 1 amide bonds. The second-order valence-electron chi connectivity index (χ2n) is 8.45. The molecule has 8 heteroatoms. The molecular formula is C21H27F3N2O3. The van der Waals surface area contributed by atoms with E-state index in [1.165, 1.54) is 6.07 Å². The maximum absolute atomic E-state index is 12.9. The van der Waals surface area contributed by atoms with Crippen LogP contribution < -0.4 is 0 Å². The summed E-state index contributed by atoms with van der Waals surface area (Å²) in [5.74, 6) is 0.445. The fraction of sp³-hybridized carbons (Fsp3) is 0.667. The summed E-state index contributed by atoms with van der Waals surface area (Å²) in [7, 11) is 0. The van der Waals surface area contributed by atoms with E-state index in [1.54, 1.807) is 11.0 Å². The molecule has 29 heavy (non-hydrogen) atoms. The first-order valence-corrected chi connectivity index (χ1v) is 10.2. The number of ether oxygens (including phenoxy) is 1. The van der Waals surface area contributed by atoms with Crippen LogP contribution in [0.4, 0.5) is 13.2 Å². The van der Waals surface area contributed by atoms with E-state index < -0.39 is 17.8 Å². The summed E-state index contributed by atoms with van der Waals surface area (Å²) in [4.78, 5) is 16.8. The fourth-order valence-electron chi connectivity index (χ4n) is 5.06. The largest absolute Gasteiger partial charge is 0.416 e. The molecule has 1 aromatic carbocycles. The molecule has 160 valence electrons. The van der Waals surface area contributed by atoms with Gasteiger partial charge in [0.1, 0.15) is 0 Å². The Kier molecular flexibility index (Phi) is 5.86. The fourth-order valence-corrected chi connectivity index (χ4v) is 5.06. The number of hydrogen-bond donors (Lipinski definition) is 1. The van der Waals surface area contributed by atoms with Gasteiger partial charge in [0.15, 0.2) is 0 Å². The third-order valence-corrected chi connectivity index (χ3v) is 6.59. The van der Waals surface area contributed by atoms with Crippen LogP contribution in [0.2, 0.25) is 0 Å². The van der Waals surface area contributed by atoms with Gasteiger partial charge in [0.05, 0.1) is 31.3 Å². The minimum Gasteiger partial charge on any atom is -0.391 e. The Morgan fingerprint density at radius 1 is 1.14 bits per heavy atom. The second-order valence-corrected chi connectivity index (χ2v) is 8.45. The minimum atomic E-state index is -4.41. The summed E-state index contributed by atoms with van der Waals surface area (Å²) >= 11 is 0. The summed E-state index contributed by atoms with van der Waals surface area (Å²) in [5, 5.41) is 10.6. The molecule has 2 aliphatic heterocycles. The van der Waals surface area contributed by atoms with E-state index in [4.69, 9.17) is 4.74 Å². The van der Waals surface area contributed by atoms with Gasteiger partial charge in [0.25, 0.3) is 0 Å². The maximum atomic E-state index is 12.9. The van der Waals surface area contributed by atoms with Crippen molar-refractivity contribution in [3.63, 3.8) is 0 Å². The second kappa shape index (κ2) is 8.24. The van der Waals surface area contributed by atoms with Gasteiger partial charge in [0, 0.05) is 32.2 Å². The average molecular weight is 412 g/mol. The normalized spacial score (nSPS) is 31.0. The maximum Gasteiger partial charge on any atom is 0.416 e. The number of benzene rings is 1. The topological polar surface area (TPSA) is 53.0 Å². The molecule has 3 fully saturated rings. The van der Waals surface area contributed by atoms with Crippen molar-refractivity contribution in [1.82, 2.24) is 9.80 Å². The highest BCUT2D eigenvalue weighted by atomic mass is 19.4. The summed E-state index contributed by atoms with van der Waals surface area (Å²) in [5.41, 5.74) is -0.347. The number of aliphatic hydroxyl groups excluding tert-OH is 1. The number of carbonyl (C=O) groups is 1. The number of aliphatic hydroxyl groups is 1. The summed E-state index contributed by atoms with van der Waals surface area (Å²) in [6.07, 6.45) is -3.34. The number of nitrogens with zero attached hydrogens (tertiary/aromatic N) is 2. The van der Waals surface area contributed by atoms with E-state index in [0.29, 0.717) is 44.2 Å². The van der Waals surface area contributed by atoms with Crippen molar-refractivity contribution >= 4 is 5.91 Å². The molecule has 0 unspecified atom stereocenters. The highest BCUT2D eigenvalue weighted by Crippen LogP contribution is 2.39. The van der Waals surface area contributed by atoms with Crippen molar-refractivity contribution in [2.75, 3.05) is 39.4 Å². The molecule has 0 bridgehead atoms. The van der Waals surface area contributed by atoms with Gasteiger partial charge in [-0.25, -0.2) is 0 Å². The van der Waals surface area contributed by atoms with Gasteiger partial charge in [-0.3, -0.25) is 9.69 Å². The zero-order valence-corrected chi connectivity index (χ0v) is 16.3. The Balaban J connectivity index is 1.37. The zero-order chi connectivity index (χ0) is 20.6. The van der Waals surface area contributed by atoms with Crippen molar-refractivity contribution in [2.45, 2.75) is 37.6 Å². The number of hydrogen-bond acceptors (Lipinski definition) is 4. The summed E-state index contributed by atoms with van der Waals surface area (Å²) in [6, 6.07) is 5.08. The van der Waals surface area contributed by atoms with Gasteiger partial charge in [0.2, 0.25) is 5.91 Å². The first-order chi connectivity index (χ1) is 13.8. The highest BCUT2D eigenvalue weighted by Gasteiger charge is 2.44. The number of amides is 1. The number of morpholine rings is 1. The smallest absolute Gasteiger partial charge is 0.391 e. The van der Waals surface area contributed by atoms with Crippen molar-refractivity contribution in [1.29, 1.82) is 0 Å². The van der Waals surface area contributed by atoms with Gasteiger partial charge in [-0.15, -0.1) is 0 Å². The first kappa shape index (κ1) is 20.6. The summed E-state index contributed by atoms with van der Waals surface area (Å²) < 4.78 is 44.1. The highest BCUT2D eigenvalue weighted by molar-refractivity contribution is 5.79. The minimum absolute atomic E-state index is 0.0290. The van der Waals surface area contributed by atoms with E-state index in [-0.39, 0.29) is 24.3 Å². The summed E-state index contributed by atoms with van der Waals surface area (Å²) in [6.45, 7) is 4.19. The molecule has 4 atom stereocenters. The van der Waals surface area contributed by atoms with Crippen LogP contribution in [0.15, 0.2) is 24.3 Å². The quantitative estimate of drug-likeness (QED) is 0.827. The number of halogens is 3. The van der Waals surface area contributed by atoms with Crippen LogP contribution in [-0.4, -0.2) is 72.4 Å². The predicted molar refractivity (Wildman–Crippen MR) is 100 cm³/mol. The number of carbonyl (C=O) groups excluding carboxylic acids is 1. The Morgan fingerprint density at radius 3 is 2.52 bits per heavy atom. The van der Waals surface area contributed by atoms with Gasteiger partial charge in [-0.1, -0.05) is 18.2 Å². The third kappa shape index (κ3) is 4.59. The van der Waals surface area contributed by atoms with Gasteiger partial charge >= 0.3 is 6.18 Å². The zero-order valence-electron chi connectivity index (χ0n) is 16.3. The van der Waals surface area contributed by atoms with Crippen molar-refractivity contribution < 1.29 is 27.8 Å². The SMILES string of the molecule is O=C(Cc1cccc(C(F)(F)F)c1)N1C[C@H]2C[C@@H](N3CCOCC3)[C@H](O)C[C@H]2C1. The van der Waals surface area contributed by atoms with Crippen molar-refractivity contribution in [3.8, 4) is 0 Å². The lowest BCUT2D eigenvalue weighted by Gasteiger charge is -2.43. The molecule has 2 heterocycles. The number of likely N-dealkylation sites (tertiary alicyclic amines) is 1. The van der Waals surface area contributed by atoms with E-state index >= 15 is 0 Å². The molecule has 1 saturated carbocycles. The Labute approximate surface area is 168 Å².